The molecular weight excluding hydrogens is 322 g/mol. The molecule has 0 aromatic carbocycles. The van der Waals surface area contributed by atoms with Gasteiger partial charge < -0.3 is 11.1 Å². The smallest absolute Gasteiger partial charge is 0.234 e. The molecule has 22 heavy (non-hydrogen) atoms. The minimum absolute atomic E-state index is 0. The van der Waals surface area contributed by atoms with Crippen LogP contribution in [0.2, 0.25) is 0 Å². The summed E-state index contributed by atoms with van der Waals surface area (Å²) in [5.74, 6) is 0.132. The van der Waals surface area contributed by atoms with Crippen molar-refractivity contribution in [1.82, 2.24) is 20.1 Å². The number of nitrogens with one attached hydrogen (secondary N) is 1. The van der Waals surface area contributed by atoms with Gasteiger partial charge in [-0.25, -0.2) is 4.98 Å². The second-order valence-corrected chi connectivity index (χ2v) is 6.74. The summed E-state index contributed by atoms with van der Waals surface area (Å²) in [6.07, 6.45) is 2.82. The Bertz CT molecular complexity index is 462. The van der Waals surface area contributed by atoms with E-state index < -0.39 is 0 Å². The maximum absolute atomic E-state index is 11.9. The van der Waals surface area contributed by atoms with Gasteiger partial charge in [-0.1, -0.05) is 6.92 Å². The molecule has 1 aliphatic rings. The van der Waals surface area contributed by atoms with Crippen molar-refractivity contribution in [2.24, 2.45) is 0 Å². The van der Waals surface area contributed by atoms with Gasteiger partial charge in [0.15, 0.2) is 5.13 Å². The molecule has 0 saturated carbocycles. The van der Waals surface area contributed by atoms with Crippen LogP contribution in [0.4, 0.5) is 5.13 Å². The average Bonchev–Trinajstić information content (AvgIpc) is 2.86. The molecule has 2 rings (SSSR count). The maximum Gasteiger partial charge on any atom is 0.234 e. The molecule has 1 aromatic heterocycles. The van der Waals surface area contributed by atoms with Crippen molar-refractivity contribution in [3.8, 4) is 0 Å². The zero-order valence-electron chi connectivity index (χ0n) is 13.2. The summed E-state index contributed by atoms with van der Waals surface area (Å²) in [4.78, 5) is 21.8. The Morgan fingerprint density at radius 1 is 1.41 bits per heavy atom. The molecule has 0 bridgehead atoms. The summed E-state index contributed by atoms with van der Waals surface area (Å²) in [5.41, 5.74) is 5.65. The highest BCUT2D eigenvalue weighted by atomic mass is 35.5. The fourth-order valence-electron chi connectivity index (χ4n) is 2.35. The molecule has 1 atom stereocenters. The van der Waals surface area contributed by atoms with E-state index in [9.17, 15) is 4.79 Å². The normalized spacial score (nSPS) is 17.7. The molecule has 6 nitrogen and oxygen atoms in total. The third-order valence-electron chi connectivity index (χ3n) is 3.80. The Kier molecular flexibility index (Phi) is 8.09. The van der Waals surface area contributed by atoms with Gasteiger partial charge in [0.05, 0.1) is 6.54 Å². The number of nitrogen functional groups attached to an aromatic ring is 1. The third kappa shape index (κ3) is 6.08. The first-order valence-electron chi connectivity index (χ1n) is 7.51. The van der Waals surface area contributed by atoms with Crippen LogP contribution < -0.4 is 11.1 Å². The van der Waals surface area contributed by atoms with Crippen molar-refractivity contribution < 1.29 is 4.79 Å². The Balaban J connectivity index is 0.00000242. The largest absolute Gasteiger partial charge is 0.375 e. The lowest BCUT2D eigenvalue weighted by Crippen LogP contribution is -2.49. The van der Waals surface area contributed by atoms with Crippen LogP contribution in [0, 0.1) is 0 Å². The minimum Gasteiger partial charge on any atom is -0.375 e. The Labute approximate surface area is 142 Å². The number of nitrogens with zero attached hydrogens (tertiary/aromatic N) is 3. The molecule has 2 heterocycles. The molecule has 1 fully saturated rings. The standard InChI is InChI=1S/C14H25N5OS.ClH/c1-3-11(2)17-13(20)10-19-6-4-18(5-7-19)9-12-8-16-14(15)21-12;/h8,11H,3-7,9-10H2,1-2H3,(H2,15,16)(H,17,20);1H. The highest BCUT2D eigenvalue weighted by Gasteiger charge is 2.19. The number of halogens is 1. The van der Waals surface area contributed by atoms with Crippen LogP contribution in [0.1, 0.15) is 25.1 Å². The first-order valence-corrected chi connectivity index (χ1v) is 8.32. The van der Waals surface area contributed by atoms with Gasteiger partial charge in [0.25, 0.3) is 0 Å². The predicted octanol–water partition coefficient (Wildman–Crippen LogP) is 1.18. The minimum atomic E-state index is 0. The van der Waals surface area contributed by atoms with Crippen LogP contribution in [0.25, 0.3) is 0 Å². The number of carbonyl (C=O) groups is 1. The van der Waals surface area contributed by atoms with Crippen molar-refractivity contribution in [2.45, 2.75) is 32.9 Å². The van der Waals surface area contributed by atoms with Gasteiger partial charge in [0.2, 0.25) is 5.91 Å². The first kappa shape index (κ1) is 19.2. The number of carbonyl (C=O) groups excluding carboxylic acids is 1. The molecule has 0 radical (unpaired) electrons. The van der Waals surface area contributed by atoms with Crippen molar-refractivity contribution in [3.63, 3.8) is 0 Å². The maximum atomic E-state index is 11.9. The Hall–Kier alpha value is -0.890. The lowest BCUT2D eigenvalue weighted by Gasteiger charge is -2.34. The lowest BCUT2D eigenvalue weighted by molar-refractivity contribution is -0.123. The number of hydrogen-bond acceptors (Lipinski definition) is 6. The van der Waals surface area contributed by atoms with Crippen LogP contribution in [-0.4, -0.2) is 59.5 Å². The zero-order valence-corrected chi connectivity index (χ0v) is 14.9. The van der Waals surface area contributed by atoms with Gasteiger partial charge in [0, 0.05) is 49.8 Å². The van der Waals surface area contributed by atoms with Crippen LogP contribution >= 0.6 is 23.7 Å². The molecular formula is C14H26ClN5OS. The van der Waals surface area contributed by atoms with Crippen LogP contribution in [0.3, 0.4) is 0 Å². The number of anilines is 1. The molecule has 8 heteroatoms. The first-order chi connectivity index (χ1) is 10.1. The van der Waals surface area contributed by atoms with Gasteiger partial charge >= 0.3 is 0 Å². The number of amides is 1. The van der Waals surface area contributed by atoms with Crippen LogP contribution in [0.15, 0.2) is 6.20 Å². The number of hydrogen-bond donors (Lipinski definition) is 2. The van der Waals surface area contributed by atoms with Crippen molar-refractivity contribution in [1.29, 1.82) is 0 Å². The van der Waals surface area contributed by atoms with Gasteiger partial charge in [-0.05, 0) is 13.3 Å². The molecule has 0 spiro atoms. The summed E-state index contributed by atoms with van der Waals surface area (Å²) in [6, 6.07) is 0.260. The van der Waals surface area contributed by atoms with E-state index in [4.69, 9.17) is 5.73 Å². The number of thiazole rings is 1. The van der Waals surface area contributed by atoms with Gasteiger partial charge in [0.1, 0.15) is 0 Å². The lowest BCUT2D eigenvalue weighted by atomic mass is 10.2. The van der Waals surface area contributed by atoms with Crippen molar-refractivity contribution in [2.75, 3.05) is 38.5 Å². The van der Waals surface area contributed by atoms with E-state index in [1.165, 1.54) is 4.88 Å². The van der Waals surface area contributed by atoms with Crippen molar-refractivity contribution in [3.05, 3.63) is 11.1 Å². The molecule has 1 unspecified atom stereocenters. The average molecular weight is 348 g/mol. The Morgan fingerprint density at radius 2 is 2.05 bits per heavy atom. The number of aromatic nitrogens is 1. The number of nitrogens with two attached hydrogens (primary N) is 1. The summed E-state index contributed by atoms with van der Waals surface area (Å²) in [6.45, 7) is 9.35. The predicted molar refractivity (Wildman–Crippen MR) is 93.4 cm³/mol. The van der Waals surface area contributed by atoms with Crippen LogP contribution in [0.5, 0.6) is 0 Å². The van der Waals surface area contributed by atoms with Gasteiger partial charge in [-0.3, -0.25) is 14.6 Å². The second-order valence-electron chi connectivity index (χ2n) is 5.59. The highest BCUT2D eigenvalue weighted by Crippen LogP contribution is 2.17. The Morgan fingerprint density at radius 3 is 2.59 bits per heavy atom. The van der Waals surface area contributed by atoms with E-state index >= 15 is 0 Å². The second kappa shape index (κ2) is 9.29. The molecule has 3 N–H and O–H groups in total. The summed E-state index contributed by atoms with van der Waals surface area (Å²) >= 11 is 1.55. The van der Waals surface area contributed by atoms with E-state index in [-0.39, 0.29) is 24.4 Å². The van der Waals surface area contributed by atoms with E-state index in [2.05, 4.69) is 27.0 Å². The monoisotopic (exact) mass is 347 g/mol. The number of piperazine rings is 1. The van der Waals surface area contributed by atoms with E-state index in [0.717, 1.165) is 39.1 Å². The molecule has 0 aliphatic carbocycles. The molecule has 1 aliphatic heterocycles. The quantitative estimate of drug-likeness (QED) is 0.808. The summed E-state index contributed by atoms with van der Waals surface area (Å²) < 4.78 is 0. The highest BCUT2D eigenvalue weighted by molar-refractivity contribution is 7.15. The topological polar surface area (TPSA) is 74.5 Å². The van der Waals surface area contributed by atoms with E-state index in [1.54, 1.807) is 11.3 Å². The molecule has 1 amide bonds. The van der Waals surface area contributed by atoms with Crippen LogP contribution in [-0.2, 0) is 11.3 Å². The fourth-order valence-corrected chi connectivity index (χ4v) is 3.07. The zero-order chi connectivity index (χ0) is 15.2. The fraction of sp³-hybridized carbons (Fsp3) is 0.714. The van der Waals surface area contributed by atoms with E-state index in [1.807, 2.05) is 13.1 Å². The molecule has 126 valence electrons. The van der Waals surface area contributed by atoms with Crippen molar-refractivity contribution >= 4 is 34.8 Å². The van der Waals surface area contributed by atoms with Gasteiger partial charge in [-0.2, -0.15) is 0 Å². The summed E-state index contributed by atoms with van der Waals surface area (Å²) in [7, 11) is 0. The molecule has 1 aromatic rings. The van der Waals surface area contributed by atoms with E-state index in [0.29, 0.717) is 11.7 Å². The molecule has 1 saturated heterocycles. The SMILES string of the molecule is CCC(C)NC(=O)CN1CCN(Cc2cnc(N)s2)CC1.Cl. The number of rotatable bonds is 6. The third-order valence-corrected chi connectivity index (χ3v) is 4.61. The summed E-state index contributed by atoms with van der Waals surface area (Å²) in [5, 5.41) is 3.65. The van der Waals surface area contributed by atoms with Gasteiger partial charge in [-0.15, -0.1) is 23.7 Å².